The summed E-state index contributed by atoms with van der Waals surface area (Å²) in [6.07, 6.45) is 19.2. The molecule has 5 heteroatoms. The van der Waals surface area contributed by atoms with E-state index in [9.17, 15) is 19.5 Å². The Morgan fingerprint density at radius 1 is 0.733 bits per heavy atom. The fourth-order valence-corrected chi connectivity index (χ4v) is 14.0. The number of hydrogen-bond donors (Lipinski definition) is 1. The van der Waals surface area contributed by atoms with E-state index in [0.717, 1.165) is 89.9 Å². The van der Waals surface area contributed by atoms with E-state index in [2.05, 4.69) is 27.7 Å². The Morgan fingerprint density at radius 3 is 2.09 bits per heavy atom. The highest BCUT2D eigenvalue weighted by Crippen LogP contribution is 2.67. The van der Waals surface area contributed by atoms with Gasteiger partial charge in [-0.3, -0.25) is 14.4 Å². The van der Waals surface area contributed by atoms with E-state index in [4.69, 9.17) is 4.74 Å². The average molecular weight is 617 g/mol. The summed E-state index contributed by atoms with van der Waals surface area (Å²) < 4.78 is 6.42. The number of hydrogen-bond acceptors (Lipinski definition) is 5. The zero-order valence-corrected chi connectivity index (χ0v) is 28.2. The monoisotopic (exact) mass is 616 g/mol. The van der Waals surface area contributed by atoms with Crippen LogP contribution in [-0.4, -0.2) is 34.9 Å². The topological polar surface area (TPSA) is 80.7 Å². The van der Waals surface area contributed by atoms with Crippen LogP contribution in [0.15, 0.2) is 23.3 Å². The lowest BCUT2D eigenvalue weighted by Crippen LogP contribution is -2.52. The molecule has 13 atom stereocenters. The van der Waals surface area contributed by atoms with Crippen LogP contribution < -0.4 is 0 Å². The Labute approximate surface area is 270 Å². The normalized spacial score (nSPS) is 51.9. The standard InChI is InChI=1S/C40H56O5/c1-37-16-13-26(41)20-24(37)5-7-28-30-10-12-35(39(30,3)18-15-31(28)37)45-36(44)19-23-22-40(4)25(21-33(23)42)6-8-27-29-9-11-34(43)38(29,2)17-14-32(27)40/h20-21,23,27-32,34-35,43H,5-19,22H2,1-4H3/t23?,27-,28?,29-,30?,31?,32-,34-,35-,37-,38-,39-,40-/m0/s1. The number of ether oxygens (including phenoxy) is 1. The van der Waals surface area contributed by atoms with Crippen molar-refractivity contribution >= 4 is 17.5 Å². The van der Waals surface area contributed by atoms with Gasteiger partial charge in [0.25, 0.3) is 0 Å². The van der Waals surface area contributed by atoms with Crippen LogP contribution in [0.2, 0.25) is 0 Å². The SMILES string of the molecule is C[C@]12CC[C@H]3[C@@H](CCC4=CC(=O)C(CC(=O)O[C@H]5CCC6C7CCC8=CC(=O)CC[C@]8(C)C7CC[C@@]65C)C[C@@]43C)[C@@H]1CC[C@@H]2O. The van der Waals surface area contributed by atoms with Crippen molar-refractivity contribution in [3.63, 3.8) is 0 Å². The molecule has 4 unspecified atom stereocenters. The molecule has 8 rings (SSSR count). The van der Waals surface area contributed by atoms with Crippen molar-refractivity contribution in [3.05, 3.63) is 23.3 Å². The smallest absolute Gasteiger partial charge is 0.306 e. The minimum Gasteiger partial charge on any atom is -0.462 e. The highest BCUT2D eigenvalue weighted by atomic mass is 16.5. The summed E-state index contributed by atoms with van der Waals surface area (Å²) in [5.74, 6) is 3.55. The molecule has 0 heterocycles. The van der Waals surface area contributed by atoms with E-state index in [1.54, 1.807) is 0 Å². The van der Waals surface area contributed by atoms with E-state index >= 15 is 0 Å². The van der Waals surface area contributed by atoms with Crippen LogP contribution in [0.1, 0.15) is 130 Å². The maximum absolute atomic E-state index is 13.7. The lowest BCUT2D eigenvalue weighted by Gasteiger charge is -2.58. The van der Waals surface area contributed by atoms with Gasteiger partial charge in [-0.05, 0) is 154 Å². The van der Waals surface area contributed by atoms with E-state index < -0.39 is 0 Å². The van der Waals surface area contributed by atoms with Gasteiger partial charge in [0.1, 0.15) is 6.10 Å². The Bertz CT molecular complexity index is 1360. The van der Waals surface area contributed by atoms with Crippen molar-refractivity contribution < 1.29 is 24.2 Å². The largest absolute Gasteiger partial charge is 0.462 e. The number of carbonyl (C=O) groups is 3. The lowest BCUT2D eigenvalue weighted by molar-refractivity contribution is -0.162. The third kappa shape index (κ3) is 4.36. The summed E-state index contributed by atoms with van der Waals surface area (Å²) in [6.45, 7) is 9.53. The van der Waals surface area contributed by atoms with Crippen LogP contribution in [0, 0.1) is 63.1 Å². The molecule has 0 saturated heterocycles. The molecule has 1 N–H and O–H groups in total. The van der Waals surface area contributed by atoms with Crippen LogP contribution >= 0.6 is 0 Å². The van der Waals surface area contributed by atoms with Gasteiger partial charge < -0.3 is 9.84 Å². The van der Waals surface area contributed by atoms with Gasteiger partial charge in [0.05, 0.1) is 12.5 Å². The van der Waals surface area contributed by atoms with Crippen molar-refractivity contribution in [1.29, 1.82) is 0 Å². The molecular formula is C40H56O5. The summed E-state index contributed by atoms with van der Waals surface area (Å²) >= 11 is 0. The second-order valence-corrected chi connectivity index (χ2v) is 18.2. The first kappa shape index (κ1) is 30.6. The maximum atomic E-state index is 13.7. The van der Waals surface area contributed by atoms with Crippen LogP contribution in [0.25, 0.3) is 0 Å². The summed E-state index contributed by atoms with van der Waals surface area (Å²) in [4.78, 5) is 39.4. The number of ketones is 2. The quantitative estimate of drug-likeness (QED) is 0.326. The molecule has 8 aliphatic carbocycles. The minimum absolute atomic E-state index is 0.00566. The number of esters is 1. The molecule has 45 heavy (non-hydrogen) atoms. The fraction of sp³-hybridized carbons (Fsp3) is 0.825. The Kier molecular flexibility index (Phi) is 7.05. The first-order valence-corrected chi connectivity index (χ1v) is 18.7. The van der Waals surface area contributed by atoms with Gasteiger partial charge in [0, 0.05) is 17.8 Å². The van der Waals surface area contributed by atoms with Crippen molar-refractivity contribution in [3.8, 4) is 0 Å². The maximum Gasteiger partial charge on any atom is 0.306 e. The van der Waals surface area contributed by atoms with Crippen LogP contribution in [0.5, 0.6) is 0 Å². The third-order valence-corrected chi connectivity index (χ3v) is 16.6. The molecule has 6 saturated carbocycles. The zero-order valence-electron chi connectivity index (χ0n) is 28.2. The molecule has 0 spiro atoms. The number of allylic oxidation sites excluding steroid dienone is 2. The summed E-state index contributed by atoms with van der Waals surface area (Å²) in [6, 6.07) is 0. The predicted molar refractivity (Wildman–Crippen MR) is 173 cm³/mol. The Balaban J connectivity index is 0.947. The van der Waals surface area contributed by atoms with Crippen LogP contribution in [0.3, 0.4) is 0 Å². The molecule has 0 radical (unpaired) electrons. The van der Waals surface area contributed by atoms with Crippen LogP contribution in [-0.2, 0) is 19.1 Å². The lowest BCUT2D eigenvalue weighted by atomic mass is 9.46. The molecule has 6 fully saturated rings. The number of fused-ring (bicyclic) bond motifs is 10. The molecule has 0 bridgehead atoms. The van der Waals surface area contributed by atoms with Gasteiger partial charge in [-0.15, -0.1) is 0 Å². The number of aliphatic hydroxyl groups is 1. The Hall–Kier alpha value is -1.75. The second-order valence-electron chi connectivity index (χ2n) is 18.2. The van der Waals surface area contributed by atoms with Crippen LogP contribution in [0.4, 0.5) is 0 Å². The van der Waals surface area contributed by atoms with E-state index in [1.165, 1.54) is 11.1 Å². The summed E-state index contributed by atoms with van der Waals surface area (Å²) in [7, 11) is 0. The first-order chi connectivity index (χ1) is 21.4. The number of rotatable bonds is 3. The molecular weight excluding hydrogens is 560 g/mol. The average Bonchev–Trinajstić information content (AvgIpc) is 3.49. The van der Waals surface area contributed by atoms with Crippen molar-refractivity contribution in [2.24, 2.45) is 63.1 Å². The summed E-state index contributed by atoms with van der Waals surface area (Å²) in [5.41, 5.74) is 2.90. The van der Waals surface area contributed by atoms with Crippen molar-refractivity contribution in [1.82, 2.24) is 0 Å². The van der Waals surface area contributed by atoms with Gasteiger partial charge in [-0.1, -0.05) is 38.8 Å². The Morgan fingerprint density at radius 2 is 1.36 bits per heavy atom. The third-order valence-electron chi connectivity index (χ3n) is 16.6. The highest BCUT2D eigenvalue weighted by Gasteiger charge is 2.61. The highest BCUT2D eigenvalue weighted by molar-refractivity contribution is 5.96. The second kappa shape index (κ2) is 10.4. The fourth-order valence-electron chi connectivity index (χ4n) is 14.0. The molecule has 0 amide bonds. The zero-order chi connectivity index (χ0) is 31.5. The van der Waals surface area contributed by atoms with E-state index in [1.807, 2.05) is 12.2 Å². The van der Waals surface area contributed by atoms with Gasteiger partial charge in [0.2, 0.25) is 0 Å². The number of aliphatic hydroxyl groups excluding tert-OH is 1. The first-order valence-electron chi connectivity index (χ1n) is 18.7. The van der Waals surface area contributed by atoms with Gasteiger partial charge in [0.15, 0.2) is 11.6 Å². The van der Waals surface area contributed by atoms with Crippen molar-refractivity contribution in [2.45, 2.75) is 143 Å². The van der Waals surface area contributed by atoms with E-state index in [-0.39, 0.29) is 58.0 Å². The van der Waals surface area contributed by atoms with Gasteiger partial charge >= 0.3 is 5.97 Å². The van der Waals surface area contributed by atoms with Gasteiger partial charge in [-0.2, -0.15) is 0 Å². The molecule has 0 aromatic carbocycles. The molecule has 0 aromatic rings. The van der Waals surface area contributed by atoms with Crippen molar-refractivity contribution in [2.75, 3.05) is 0 Å². The molecule has 246 valence electrons. The number of carbonyl (C=O) groups excluding carboxylic acids is 3. The predicted octanol–water partition coefficient (Wildman–Crippen LogP) is 7.94. The van der Waals surface area contributed by atoms with Gasteiger partial charge in [-0.25, -0.2) is 0 Å². The summed E-state index contributed by atoms with van der Waals surface area (Å²) in [5, 5.41) is 10.9. The molecule has 0 aliphatic heterocycles. The van der Waals surface area contributed by atoms with E-state index in [0.29, 0.717) is 47.7 Å². The minimum atomic E-state index is -0.286. The molecule has 8 aliphatic rings. The molecule has 0 aromatic heterocycles. The molecule has 5 nitrogen and oxygen atoms in total.